The van der Waals surface area contributed by atoms with Gasteiger partial charge in [0, 0.05) is 18.1 Å². The fourth-order valence-electron chi connectivity index (χ4n) is 5.61. The third kappa shape index (κ3) is 4.63. The van der Waals surface area contributed by atoms with Crippen LogP contribution in [0.5, 0.6) is 0 Å². The van der Waals surface area contributed by atoms with Crippen LogP contribution in [0.4, 0.5) is 0 Å². The topological polar surface area (TPSA) is 55.8 Å². The van der Waals surface area contributed by atoms with Crippen LogP contribution in [0.15, 0.2) is 97.6 Å². The molecule has 1 saturated heterocycles. The number of hydrogen-bond acceptors (Lipinski definition) is 4. The maximum Gasteiger partial charge on any atom is 0.331 e. The van der Waals surface area contributed by atoms with Gasteiger partial charge in [0.05, 0.1) is 18.7 Å². The number of amides is 1. The molecular formula is C30H35NO4Si. The number of esters is 1. The molecule has 2 heterocycles. The summed E-state index contributed by atoms with van der Waals surface area (Å²) in [5, 5.41) is 2.17. The number of benzene rings is 2. The Hall–Kier alpha value is -3.22. The quantitative estimate of drug-likeness (QED) is 0.294. The van der Waals surface area contributed by atoms with E-state index in [-0.39, 0.29) is 23.0 Å². The Morgan fingerprint density at radius 1 is 1.06 bits per heavy atom. The number of ether oxygens (including phenoxy) is 1. The molecule has 3 atom stereocenters. The van der Waals surface area contributed by atoms with Crippen LogP contribution in [0.2, 0.25) is 5.04 Å². The standard InChI is InChI=1S/C30H35NO4Si/c1-6-22-20-28(33)35-29(22)26-18-19-27(32)31(26)23(7-2)21-34-36(30(3,4)5,24-14-10-8-11-15-24)25-16-12-9-13-17-25/h6-17,20,23,26,29H,1-2,18-19,21H2,3-5H3/t23-,26-,29-/m1/s1. The molecule has 0 aromatic heterocycles. The summed E-state index contributed by atoms with van der Waals surface area (Å²) in [6.45, 7) is 14.9. The predicted molar refractivity (Wildman–Crippen MR) is 146 cm³/mol. The molecule has 2 aliphatic rings. The van der Waals surface area contributed by atoms with Crippen molar-refractivity contribution in [2.75, 3.05) is 6.61 Å². The average molecular weight is 502 g/mol. The van der Waals surface area contributed by atoms with Gasteiger partial charge in [-0.2, -0.15) is 0 Å². The van der Waals surface area contributed by atoms with Gasteiger partial charge in [-0.1, -0.05) is 100 Å². The highest BCUT2D eigenvalue weighted by atomic mass is 28.4. The summed E-state index contributed by atoms with van der Waals surface area (Å²) in [6.07, 6.45) is 5.36. The van der Waals surface area contributed by atoms with Crippen molar-refractivity contribution in [3.63, 3.8) is 0 Å². The van der Waals surface area contributed by atoms with Crippen molar-refractivity contribution >= 4 is 30.6 Å². The zero-order valence-corrected chi connectivity index (χ0v) is 22.4. The lowest BCUT2D eigenvalue weighted by Crippen LogP contribution is -2.67. The third-order valence-electron chi connectivity index (χ3n) is 7.26. The molecule has 0 unspecified atom stereocenters. The molecule has 1 fully saturated rings. The van der Waals surface area contributed by atoms with Gasteiger partial charge in [-0.15, -0.1) is 6.58 Å². The van der Waals surface area contributed by atoms with Gasteiger partial charge in [0.1, 0.15) is 6.10 Å². The Morgan fingerprint density at radius 2 is 1.64 bits per heavy atom. The van der Waals surface area contributed by atoms with E-state index in [0.29, 0.717) is 25.0 Å². The maximum atomic E-state index is 13.1. The Labute approximate surface area is 215 Å². The number of rotatable bonds is 9. The van der Waals surface area contributed by atoms with Crippen LogP contribution >= 0.6 is 0 Å². The van der Waals surface area contributed by atoms with Gasteiger partial charge in [-0.05, 0) is 21.8 Å². The van der Waals surface area contributed by atoms with E-state index in [9.17, 15) is 9.59 Å². The summed E-state index contributed by atoms with van der Waals surface area (Å²) in [7, 11) is -2.78. The second-order valence-corrected chi connectivity index (χ2v) is 14.7. The highest BCUT2D eigenvalue weighted by Gasteiger charge is 2.51. The van der Waals surface area contributed by atoms with Crippen molar-refractivity contribution in [1.82, 2.24) is 4.90 Å². The fourth-order valence-corrected chi connectivity index (χ4v) is 10.2. The lowest BCUT2D eigenvalue weighted by atomic mass is 10.0. The van der Waals surface area contributed by atoms with E-state index in [4.69, 9.17) is 9.16 Å². The molecule has 188 valence electrons. The minimum atomic E-state index is -2.78. The van der Waals surface area contributed by atoms with Gasteiger partial charge in [0.2, 0.25) is 5.91 Å². The van der Waals surface area contributed by atoms with E-state index < -0.39 is 20.4 Å². The van der Waals surface area contributed by atoms with Crippen molar-refractivity contribution in [2.24, 2.45) is 0 Å². The zero-order chi connectivity index (χ0) is 25.9. The SMILES string of the molecule is C=CC1=CC(=O)O[C@H]1[C@H]1CCC(=O)N1[C@H](C=C)CO[Si](c1ccccc1)(c1ccccc1)C(C)(C)C. The average Bonchev–Trinajstić information content (AvgIpc) is 3.44. The van der Waals surface area contributed by atoms with Crippen molar-refractivity contribution in [2.45, 2.75) is 56.8 Å². The number of carbonyl (C=O) groups excluding carboxylic acids is 2. The summed E-state index contributed by atoms with van der Waals surface area (Å²) in [6, 6.07) is 20.2. The number of carbonyl (C=O) groups is 2. The molecular weight excluding hydrogens is 466 g/mol. The Kier molecular flexibility index (Phi) is 7.48. The van der Waals surface area contributed by atoms with Crippen LogP contribution in [0, 0.1) is 0 Å². The lowest BCUT2D eigenvalue weighted by Gasteiger charge is -2.44. The van der Waals surface area contributed by atoms with Crippen LogP contribution in [0.25, 0.3) is 0 Å². The lowest BCUT2D eigenvalue weighted by molar-refractivity contribution is -0.144. The van der Waals surface area contributed by atoms with Crippen molar-refractivity contribution in [1.29, 1.82) is 0 Å². The largest absolute Gasteiger partial charge is 0.452 e. The summed E-state index contributed by atoms with van der Waals surface area (Å²) in [5.41, 5.74) is 0.709. The summed E-state index contributed by atoms with van der Waals surface area (Å²) < 4.78 is 12.7. The molecule has 0 aliphatic carbocycles. The molecule has 36 heavy (non-hydrogen) atoms. The number of nitrogens with zero attached hydrogens (tertiary/aromatic N) is 1. The van der Waals surface area contributed by atoms with Gasteiger partial charge in [0.15, 0.2) is 0 Å². The fraction of sp³-hybridized carbons (Fsp3) is 0.333. The molecule has 6 heteroatoms. The first-order valence-corrected chi connectivity index (χ1v) is 14.4. The van der Waals surface area contributed by atoms with Crippen molar-refractivity contribution in [3.8, 4) is 0 Å². The highest BCUT2D eigenvalue weighted by molar-refractivity contribution is 6.99. The number of cyclic esters (lactones) is 1. The first-order valence-electron chi connectivity index (χ1n) is 12.5. The smallest absolute Gasteiger partial charge is 0.331 e. The van der Waals surface area contributed by atoms with E-state index in [0.717, 1.165) is 0 Å². The first kappa shape index (κ1) is 25.9. The molecule has 2 aromatic carbocycles. The molecule has 2 aliphatic heterocycles. The normalized spacial score (nSPS) is 21.2. The van der Waals surface area contributed by atoms with Gasteiger partial charge in [-0.25, -0.2) is 4.79 Å². The molecule has 1 amide bonds. The summed E-state index contributed by atoms with van der Waals surface area (Å²) in [4.78, 5) is 26.9. The second-order valence-electron chi connectivity index (χ2n) is 10.4. The Bertz CT molecular complexity index is 1110. The molecule has 4 rings (SSSR count). The monoisotopic (exact) mass is 501 g/mol. The van der Waals surface area contributed by atoms with Gasteiger partial charge in [-0.3, -0.25) is 4.79 Å². The molecule has 0 N–H and O–H groups in total. The molecule has 0 spiro atoms. The van der Waals surface area contributed by atoms with Crippen molar-refractivity contribution < 1.29 is 18.8 Å². The Balaban J connectivity index is 1.70. The van der Waals surface area contributed by atoms with Crippen LogP contribution in [0.3, 0.4) is 0 Å². The van der Waals surface area contributed by atoms with E-state index in [2.05, 4.69) is 82.5 Å². The summed E-state index contributed by atoms with van der Waals surface area (Å²) >= 11 is 0. The van der Waals surface area contributed by atoms with Gasteiger partial charge in [0.25, 0.3) is 8.32 Å². The zero-order valence-electron chi connectivity index (χ0n) is 21.4. The van der Waals surface area contributed by atoms with E-state index >= 15 is 0 Å². The minimum absolute atomic E-state index is 0.0160. The van der Waals surface area contributed by atoms with Crippen molar-refractivity contribution in [3.05, 3.63) is 97.6 Å². The maximum absolute atomic E-state index is 13.1. The predicted octanol–water partition coefficient (Wildman–Crippen LogP) is 4.15. The van der Waals surface area contributed by atoms with Crippen LogP contribution in [0.1, 0.15) is 33.6 Å². The second kappa shape index (κ2) is 10.4. The molecule has 5 nitrogen and oxygen atoms in total. The Morgan fingerprint density at radius 3 is 2.14 bits per heavy atom. The first-order chi connectivity index (χ1) is 17.2. The summed E-state index contributed by atoms with van der Waals surface area (Å²) in [5.74, 6) is -0.379. The minimum Gasteiger partial charge on any atom is -0.452 e. The van der Waals surface area contributed by atoms with Gasteiger partial charge < -0.3 is 14.1 Å². The molecule has 2 aromatic rings. The molecule has 0 bridgehead atoms. The van der Waals surface area contributed by atoms with E-state index in [1.165, 1.54) is 16.4 Å². The van der Waals surface area contributed by atoms with Crippen LogP contribution in [-0.2, 0) is 18.8 Å². The third-order valence-corrected chi connectivity index (χ3v) is 12.3. The number of hydrogen-bond donors (Lipinski definition) is 0. The van der Waals surface area contributed by atoms with Crippen LogP contribution < -0.4 is 10.4 Å². The highest BCUT2D eigenvalue weighted by Crippen LogP contribution is 2.38. The van der Waals surface area contributed by atoms with E-state index in [1.807, 2.05) is 17.0 Å². The molecule has 0 radical (unpaired) electrons. The van der Waals surface area contributed by atoms with E-state index in [1.54, 1.807) is 12.2 Å². The molecule has 0 saturated carbocycles. The van der Waals surface area contributed by atoms with Crippen LogP contribution in [-0.4, -0.2) is 49.9 Å². The number of likely N-dealkylation sites (tertiary alicyclic amines) is 1. The van der Waals surface area contributed by atoms with Gasteiger partial charge >= 0.3 is 5.97 Å².